The number of nitrogens with zero attached hydrogens (tertiary/aromatic N) is 2. The molecule has 2 heterocycles. The number of carboxylic acids is 1. The van der Waals surface area contributed by atoms with Gasteiger partial charge in [0.2, 0.25) is 0 Å². The van der Waals surface area contributed by atoms with Gasteiger partial charge in [0.05, 0.1) is 6.42 Å². The van der Waals surface area contributed by atoms with Gasteiger partial charge in [-0.2, -0.15) is 5.10 Å². The van der Waals surface area contributed by atoms with E-state index in [1.54, 1.807) is 13.0 Å². The van der Waals surface area contributed by atoms with Crippen molar-refractivity contribution in [1.29, 1.82) is 0 Å². The summed E-state index contributed by atoms with van der Waals surface area (Å²) in [6.07, 6.45) is 5.43. The third-order valence-corrected chi connectivity index (χ3v) is 3.80. The van der Waals surface area contributed by atoms with Crippen molar-refractivity contribution in [3.8, 4) is 0 Å². The topological polar surface area (TPSA) is 88.1 Å². The van der Waals surface area contributed by atoms with Crippen molar-refractivity contribution in [2.24, 2.45) is 5.92 Å². The maximum Gasteiger partial charge on any atom is 0.307 e. The van der Waals surface area contributed by atoms with E-state index in [1.165, 1.54) is 0 Å². The summed E-state index contributed by atoms with van der Waals surface area (Å²) >= 11 is 0. The van der Waals surface area contributed by atoms with Crippen molar-refractivity contribution < 1.29 is 14.6 Å². The zero-order chi connectivity index (χ0) is 16.8. The van der Waals surface area contributed by atoms with Gasteiger partial charge in [0.25, 0.3) is 0 Å². The molecule has 23 heavy (non-hydrogen) atoms. The van der Waals surface area contributed by atoms with Crippen LogP contribution in [0.3, 0.4) is 0 Å². The van der Waals surface area contributed by atoms with E-state index in [0.717, 1.165) is 48.6 Å². The average Bonchev–Trinajstić information content (AvgIpc) is 3.11. The fraction of sp³-hybridized carbons (Fsp3) is 0.471. The van der Waals surface area contributed by atoms with Gasteiger partial charge in [0.1, 0.15) is 5.82 Å². The summed E-state index contributed by atoms with van der Waals surface area (Å²) in [7, 11) is 0. The Morgan fingerprint density at radius 3 is 2.91 bits per heavy atom. The molecule has 0 radical (unpaired) electrons. The first-order valence-corrected chi connectivity index (χ1v) is 7.71. The Morgan fingerprint density at radius 1 is 1.52 bits per heavy atom. The molecule has 1 atom stereocenters. The minimum Gasteiger partial charge on any atom is -0.481 e. The predicted octanol–water partition coefficient (Wildman–Crippen LogP) is 2.76. The highest BCUT2D eigenvalue weighted by atomic mass is 16.5. The van der Waals surface area contributed by atoms with Gasteiger partial charge in [-0.05, 0) is 31.8 Å². The first-order valence-electron chi connectivity index (χ1n) is 7.71. The number of rotatable bonds is 7. The van der Waals surface area contributed by atoms with E-state index in [1.807, 2.05) is 13.0 Å². The molecule has 1 aliphatic rings. The fourth-order valence-electron chi connectivity index (χ4n) is 2.69. The van der Waals surface area contributed by atoms with Crippen molar-refractivity contribution in [3.05, 3.63) is 41.5 Å². The molecule has 2 N–H and O–H groups in total. The lowest BCUT2D eigenvalue weighted by molar-refractivity contribution is -0.136. The molecule has 1 aliphatic heterocycles. The zero-order valence-corrected chi connectivity index (χ0v) is 13.6. The van der Waals surface area contributed by atoms with Crippen LogP contribution in [0.25, 0.3) is 5.57 Å². The molecule has 6 nitrogen and oxygen atoms in total. The SMILES string of the molecule is C=C/C(=C(C)\C=C(\C)CC(=O)O)c1n[nH]c(CC2CCOC2)n1. The van der Waals surface area contributed by atoms with Crippen molar-refractivity contribution >= 4 is 11.5 Å². The lowest BCUT2D eigenvalue weighted by Crippen LogP contribution is -2.05. The van der Waals surface area contributed by atoms with E-state index >= 15 is 0 Å². The van der Waals surface area contributed by atoms with E-state index in [4.69, 9.17) is 9.84 Å². The number of H-pyrrole nitrogens is 1. The van der Waals surface area contributed by atoms with Gasteiger partial charge in [-0.15, -0.1) is 0 Å². The summed E-state index contributed by atoms with van der Waals surface area (Å²) in [6.45, 7) is 9.11. The minimum absolute atomic E-state index is 0.0166. The van der Waals surface area contributed by atoms with Crippen molar-refractivity contribution in [2.75, 3.05) is 13.2 Å². The van der Waals surface area contributed by atoms with Crippen molar-refractivity contribution in [3.63, 3.8) is 0 Å². The first kappa shape index (κ1) is 17.1. The number of hydrogen-bond acceptors (Lipinski definition) is 4. The molecular weight excluding hydrogens is 294 g/mol. The molecule has 1 unspecified atom stereocenters. The van der Waals surface area contributed by atoms with Crippen LogP contribution in [0.1, 0.15) is 38.3 Å². The lowest BCUT2D eigenvalue weighted by Gasteiger charge is -2.03. The largest absolute Gasteiger partial charge is 0.481 e. The van der Waals surface area contributed by atoms with Crippen LogP contribution in [0.2, 0.25) is 0 Å². The number of carboxylic acid groups (broad SMARTS) is 1. The fourth-order valence-corrected chi connectivity index (χ4v) is 2.69. The Labute approximate surface area is 136 Å². The van der Waals surface area contributed by atoms with Crippen LogP contribution >= 0.6 is 0 Å². The standard InChI is InChI=1S/C17H23N3O3/c1-4-14(12(3)7-11(2)8-16(21)22)17-18-15(19-20-17)9-13-5-6-23-10-13/h4,7,13H,1,5-6,8-10H2,2-3H3,(H,21,22)(H,18,19,20)/b11-7-,14-12+. The van der Waals surface area contributed by atoms with Gasteiger partial charge in [-0.1, -0.05) is 24.3 Å². The van der Waals surface area contributed by atoms with Gasteiger partial charge < -0.3 is 9.84 Å². The highest BCUT2D eigenvalue weighted by molar-refractivity contribution is 5.75. The molecule has 1 saturated heterocycles. The minimum atomic E-state index is -0.842. The Hall–Kier alpha value is -2.21. The van der Waals surface area contributed by atoms with Crippen LogP contribution < -0.4 is 0 Å². The van der Waals surface area contributed by atoms with E-state index < -0.39 is 5.97 Å². The van der Waals surface area contributed by atoms with Gasteiger partial charge >= 0.3 is 5.97 Å². The highest BCUT2D eigenvalue weighted by Crippen LogP contribution is 2.21. The van der Waals surface area contributed by atoms with Gasteiger partial charge in [-0.3, -0.25) is 9.89 Å². The van der Waals surface area contributed by atoms with Crippen molar-refractivity contribution in [1.82, 2.24) is 15.2 Å². The summed E-state index contributed by atoms with van der Waals surface area (Å²) in [6, 6.07) is 0. The molecule has 0 saturated carbocycles. The smallest absolute Gasteiger partial charge is 0.307 e. The molecule has 124 valence electrons. The predicted molar refractivity (Wildman–Crippen MR) is 87.8 cm³/mol. The van der Waals surface area contributed by atoms with Crippen LogP contribution in [0.5, 0.6) is 0 Å². The molecule has 0 spiro atoms. The van der Waals surface area contributed by atoms with Crippen LogP contribution in [0.4, 0.5) is 0 Å². The van der Waals surface area contributed by atoms with E-state index in [-0.39, 0.29) is 6.42 Å². The Bertz CT molecular complexity index is 637. The number of ether oxygens (including phenoxy) is 1. The second-order valence-corrected chi connectivity index (χ2v) is 5.90. The number of nitrogens with one attached hydrogen (secondary N) is 1. The maximum absolute atomic E-state index is 10.8. The van der Waals surface area contributed by atoms with Crippen LogP contribution in [-0.2, 0) is 16.0 Å². The molecule has 1 aromatic heterocycles. The first-order chi connectivity index (χ1) is 11.0. The van der Waals surface area contributed by atoms with Crippen LogP contribution in [0.15, 0.2) is 29.9 Å². The monoisotopic (exact) mass is 317 g/mol. The summed E-state index contributed by atoms with van der Waals surface area (Å²) < 4.78 is 5.38. The number of aromatic amines is 1. The van der Waals surface area contributed by atoms with Crippen LogP contribution in [-0.4, -0.2) is 39.5 Å². The number of carbonyl (C=O) groups is 1. The Balaban J connectivity index is 2.16. The summed E-state index contributed by atoms with van der Waals surface area (Å²) in [5.41, 5.74) is 2.47. The number of hydrogen-bond donors (Lipinski definition) is 2. The Kier molecular flexibility index (Phi) is 5.87. The third kappa shape index (κ3) is 4.89. The quantitative estimate of drug-likeness (QED) is 0.755. The molecule has 0 aromatic carbocycles. The summed E-state index contributed by atoms with van der Waals surface area (Å²) in [4.78, 5) is 15.3. The molecule has 0 aliphatic carbocycles. The Morgan fingerprint density at radius 2 is 2.30 bits per heavy atom. The maximum atomic E-state index is 10.8. The van der Waals surface area contributed by atoms with E-state index in [2.05, 4.69) is 21.8 Å². The van der Waals surface area contributed by atoms with Crippen molar-refractivity contribution in [2.45, 2.75) is 33.1 Å². The molecule has 0 amide bonds. The second kappa shape index (κ2) is 7.87. The molecule has 6 heteroatoms. The molecule has 2 rings (SSSR count). The summed E-state index contributed by atoms with van der Waals surface area (Å²) in [5, 5.41) is 16.1. The summed E-state index contributed by atoms with van der Waals surface area (Å²) in [5.74, 6) is 1.08. The van der Waals surface area contributed by atoms with Gasteiger partial charge in [0.15, 0.2) is 5.82 Å². The second-order valence-electron chi connectivity index (χ2n) is 5.90. The third-order valence-electron chi connectivity index (χ3n) is 3.80. The van der Waals surface area contributed by atoms with Gasteiger partial charge in [0, 0.05) is 25.2 Å². The molecule has 0 bridgehead atoms. The molecule has 1 aromatic rings. The molecular formula is C17H23N3O3. The van der Waals surface area contributed by atoms with Gasteiger partial charge in [-0.25, -0.2) is 4.98 Å². The lowest BCUT2D eigenvalue weighted by atomic mass is 10.0. The zero-order valence-electron chi connectivity index (χ0n) is 13.6. The normalized spacial score (nSPS) is 19.6. The molecule has 1 fully saturated rings. The van der Waals surface area contributed by atoms with E-state index in [0.29, 0.717) is 11.7 Å². The van der Waals surface area contributed by atoms with Crippen LogP contribution in [0, 0.1) is 5.92 Å². The average molecular weight is 317 g/mol. The number of aromatic nitrogens is 3. The highest BCUT2D eigenvalue weighted by Gasteiger charge is 2.18. The van der Waals surface area contributed by atoms with E-state index in [9.17, 15) is 4.79 Å². The number of aliphatic carboxylic acids is 1. The number of allylic oxidation sites excluding steroid dienone is 4.